The highest BCUT2D eigenvalue weighted by Gasteiger charge is 2.41. The van der Waals surface area contributed by atoms with E-state index < -0.39 is 42.3 Å². The zero-order chi connectivity index (χ0) is 20.1. The van der Waals surface area contributed by atoms with E-state index in [-0.39, 0.29) is 6.42 Å². The van der Waals surface area contributed by atoms with Crippen LogP contribution in [0.5, 0.6) is 0 Å². The molecule has 1 aliphatic rings. The number of ether oxygens (including phenoxy) is 2. The van der Waals surface area contributed by atoms with Crippen LogP contribution in [0.2, 0.25) is 0 Å². The highest BCUT2D eigenvalue weighted by atomic mass is 16.6. The van der Waals surface area contributed by atoms with Crippen molar-refractivity contribution in [1.29, 1.82) is 0 Å². The Morgan fingerprint density at radius 2 is 1.56 bits per heavy atom. The predicted octanol–water partition coefficient (Wildman–Crippen LogP) is 3.28. The van der Waals surface area contributed by atoms with Crippen molar-refractivity contribution in [3.63, 3.8) is 0 Å². The molecule has 0 aliphatic carbocycles. The Balaban J connectivity index is 2.12. The normalized spacial score (nSPS) is 17.9. The number of carbonyl (C=O) groups excluding carboxylic acids is 2. The lowest BCUT2D eigenvalue weighted by atomic mass is 10.1. The molecule has 1 aliphatic heterocycles. The Bertz CT molecular complexity index is 487. The summed E-state index contributed by atoms with van der Waals surface area (Å²) in [7, 11) is 0. The highest BCUT2D eigenvalue weighted by molar-refractivity contribution is 5.92. The van der Waals surface area contributed by atoms with Crippen LogP contribution in [0.25, 0.3) is 0 Å². The SMILES string of the molecule is CCCCCCCCCCCCCC(=O)OC1=C(O)[C@@H]([C@@H](O)CO)OC1=O. The van der Waals surface area contributed by atoms with Crippen LogP contribution < -0.4 is 0 Å². The van der Waals surface area contributed by atoms with E-state index in [1.54, 1.807) is 0 Å². The zero-order valence-corrected chi connectivity index (χ0v) is 16.3. The van der Waals surface area contributed by atoms with Gasteiger partial charge in [-0.25, -0.2) is 4.79 Å². The maximum absolute atomic E-state index is 11.8. The zero-order valence-electron chi connectivity index (χ0n) is 16.3. The van der Waals surface area contributed by atoms with Crippen molar-refractivity contribution in [3.8, 4) is 0 Å². The minimum absolute atomic E-state index is 0.147. The molecule has 1 rings (SSSR count). The number of hydrogen-bond acceptors (Lipinski definition) is 7. The number of hydrogen-bond donors (Lipinski definition) is 3. The maximum Gasteiger partial charge on any atom is 0.378 e. The lowest BCUT2D eigenvalue weighted by Gasteiger charge is -2.13. The van der Waals surface area contributed by atoms with E-state index in [2.05, 4.69) is 6.92 Å². The van der Waals surface area contributed by atoms with Gasteiger partial charge in [-0.3, -0.25) is 4.79 Å². The fraction of sp³-hybridized carbons (Fsp3) is 0.800. The molecule has 0 unspecified atom stereocenters. The van der Waals surface area contributed by atoms with Gasteiger partial charge < -0.3 is 24.8 Å². The Hall–Kier alpha value is -1.60. The van der Waals surface area contributed by atoms with Crippen molar-refractivity contribution >= 4 is 11.9 Å². The van der Waals surface area contributed by atoms with Crippen LogP contribution in [0.3, 0.4) is 0 Å². The second kappa shape index (κ2) is 13.6. The number of esters is 2. The van der Waals surface area contributed by atoms with Crippen LogP contribution in [0.15, 0.2) is 11.5 Å². The van der Waals surface area contributed by atoms with Gasteiger partial charge in [0, 0.05) is 6.42 Å². The molecule has 156 valence electrons. The minimum Gasteiger partial charge on any atom is -0.505 e. The monoisotopic (exact) mass is 386 g/mol. The summed E-state index contributed by atoms with van der Waals surface area (Å²) in [6, 6.07) is 0. The molecular formula is C20H34O7. The number of aliphatic hydroxyl groups excluding tert-OH is 3. The van der Waals surface area contributed by atoms with Gasteiger partial charge in [0.15, 0.2) is 11.9 Å². The molecule has 7 nitrogen and oxygen atoms in total. The summed E-state index contributed by atoms with van der Waals surface area (Å²) in [5.41, 5.74) is 0. The van der Waals surface area contributed by atoms with E-state index in [0.29, 0.717) is 6.42 Å². The molecule has 0 spiro atoms. The van der Waals surface area contributed by atoms with Crippen LogP contribution in [0.1, 0.15) is 84.0 Å². The summed E-state index contributed by atoms with van der Waals surface area (Å²) in [4.78, 5) is 23.4. The second-order valence-electron chi connectivity index (χ2n) is 7.05. The van der Waals surface area contributed by atoms with E-state index in [1.807, 2.05) is 0 Å². The molecule has 0 radical (unpaired) electrons. The minimum atomic E-state index is -1.46. The quantitative estimate of drug-likeness (QED) is 0.292. The van der Waals surface area contributed by atoms with Gasteiger partial charge in [-0.15, -0.1) is 0 Å². The van der Waals surface area contributed by atoms with Crippen molar-refractivity contribution in [2.24, 2.45) is 0 Å². The Kier molecular flexibility index (Phi) is 11.8. The fourth-order valence-corrected chi connectivity index (χ4v) is 3.01. The van der Waals surface area contributed by atoms with Gasteiger partial charge in [0.25, 0.3) is 5.76 Å². The largest absolute Gasteiger partial charge is 0.505 e. The number of rotatable bonds is 15. The summed E-state index contributed by atoms with van der Waals surface area (Å²) < 4.78 is 9.58. The fourth-order valence-electron chi connectivity index (χ4n) is 3.01. The predicted molar refractivity (Wildman–Crippen MR) is 99.8 cm³/mol. The van der Waals surface area contributed by atoms with Gasteiger partial charge in [0.2, 0.25) is 0 Å². The van der Waals surface area contributed by atoms with Crippen molar-refractivity contribution in [2.45, 2.75) is 96.2 Å². The molecule has 0 fully saturated rings. The molecule has 0 aromatic heterocycles. The first-order valence-corrected chi connectivity index (χ1v) is 10.1. The average Bonchev–Trinajstić information content (AvgIpc) is 2.93. The first kappa shape index (κ1) is 23.4. The van der Waals surface area contributed by atoms with Crippen LogP contribution >= 0.6 is 0 Å². The molecule has 0 aromatic carbocycles. The first-order valence-electron chi connectivity index (χ1n) is 10.1. The van der Waals surface area contributed by atoms with Crippen molar-refractivity contribution in [1.82, 2.24) is 0 Å². The van der Waals surface area contributed by atoms with E-state index in [4.69, 9.17) is 14.6 Å². The van der Waals surface area contributed by atoms with Gasteiger partial charge in [0.1, 0.15) is 6.10 Å². The summed E-state index contributed by atoms with van der Waals surface area (Å²) in [6.45, 7) is 1.52. The molecule has 27 heavy (non-hydrogen) atoms. The average molecular weight is 386 g/mol. The van der Waals surface area contributed by atoms with Crippen LogP contribution in [0.4, 0.5) is 0 Å². The standard InChI is InChI=1S/C20H34O7/c1-2-3-4-5-6-7-8-9-10-11-12-13-16(23)26-19-17(24)18(15(22)14-21)27-20(19)25/h15,18,21-22,24H,2-14H2,1H3/t15-,18+/m0/s1. The van der Waals surface area contributed by atoms with Crippen LogP contribution in [0, 0.1) is 0 Å². The molecule has 0 aromatic rings. The van der Waals surface area contributed by atoms with E-state index in [1.165, 1.54) is 44.9 Å². The first-order chi connectivity index (χ1) is 13.0. The molecule has 2 atom stereocenters. The lowest BCUT2D eigenvalue weighted by molar-refractivity contribution is -0.153. The highest BCUT2D eigenvalue weighted by Crippen LogP contribution is 2.24. The lowest BCUT2D eigenvalue weighted by Crippen LogP contribution is -2.31. The molecule has 0 saturated carbocycles. The number of cyclic esters (lactones) is 1. The third-order valence-electron chi connectivity index (χ3n) is 4.66. The maximum atomic E-state index is 11.8. The number of carbonyl (C=O) groups is 2. The van der Waals surface area contributed by atoms with Crippen molar-refractivity contribution < 1.29 is 34.4 Å². The molecule has 1 heterocycles. The van der Waals surface area contributed by atoms with Crippen molar-refractivity contribution in [3.05, 3.63) is 11.5 Å². The van der Waals surface area contributed by atoms with Crippen LogP contribution in [-0.2, 0) is 19.1 Å². The van der Waals surface area contributed by atoms with Gasteiger partial charge in [-0.1, -0.05) is 71.1 Å². The van der Waals surface area contributed by atoms with Gasteiger partial charge in [-0.2, -0.15) is 0 Å². The third-order valence-corrected chi connectivity index (χ3v) is 4.66. The number of aliphatic hydroxyl groups is 3. The van der Waals surface area contributed by atoms with Gasteiger partial charge >= 0.3 is 11.9 Å². The molecule has 7 heteroatoms. The number of unbranched alkanes of at least 4 members (excludes halogenated alkanes) is 10. The smallest absolute Gasteiger partial charge is 0.378 e. The van der Waals surface area contributed by atoms with Crippen molar-refractivity contribution in [2.75, 3.05) is 6.61 Å². The Morgan fingerprint density at radius 1 is 1.04 bits per heavy atom. The van der Waals surface area contributed by atoms with E-state index >= 15 is 0 Å². The van der Waals surface area contributed by atoms with Gasteiger partial charge in [0.05, 0.1) is 6.61 Å². The topological polar surface area (TPSA) is 113 Å². The molecule has 3 N–H and O–H groups in total. The summed E-state index contributed by atoms with van der Waals surface area (Å²) in [6.07, 6.45) is 10.1. The second-order valence-corrected chi connectivity index (χ2v) is 7.05. The summed E-state index contributed by atoms with van der Waals surface area (Å²) >= 11 is 0. The molecule has 0 saturated heterocycles. The van der Waals surface area contributed by atoms with E-state index in [9.17, 15) is 19.8 Å². The Labute approximate surface area is 161 Å². The summed E-state index contributed by atoms with van der Waals surface area (Å²) in [5.74, 6) is -2.89. The van der Waals surface area contributed by atoms with Gasteiger partial charge in [-0.05, 0) is 6.42 Å². The third kappa shape index (κ3) is 8.75. The molecular weight excluding hydrogens is 352 g/mol. The Morgan fingerprint density at radius 3 is 2.07 bits per heavy atom. The molecule has 0 amide bonds. The summed E-state index contributed by atoms with van der Waals surface area (Å²) in [5, 5.41) is 28.1. The molecule has 0 bridgehead atoms. The van der Waals surface area contributed by atoms with Crippen LogP contribution in [-0.4, -0.2) is 46.1 Å². The van der Waals surface area contributed by atoms with E-state index in [0.717, 1.165) is 19.3 Å².